The van der Waals surface area contributed by atoms with Gasteiger partial charge in [0.05, 0.1) is 0 Å². The van der Waals surface area contributed by atoms with E-state index < -0.39 is 5.18 Å². The van der Waals surface area contributed by atoms with Gasteiger partial charge in [-0.15, -0.1) is 12.6 Å². The predicted molar refractivity (Wildman–Crippen MR) is 73.3 cm³/mol. The summed E-state index contributed by atoms with van der Waals surface area (Å²) >= 11 is 7.22. The van der Waals surface area contributed by atoms with Gasteiger partial charge in [0.25, 0.3) is 0 Å². The second-order valence-corrected chi connectivity index (χ2v) is 5.63. The molecule has 0 aliphatic rings. The van der Waals surface area contributed by atoms with Gasteiger partial charge in [0, 0.05) is 6.61 Å². The fourth-order valence-corrected chi connectivity index (χ4v) is 2.29. The van der Waals surface area contributed by atoms with Crippen molar-refractivity contribution in [2.24, 2.45) is 11.5 Å². The van der Waals surface area contributed by atoms with Gasteiger partial charge in [-0.3, -0.25) is 11.5 Å². The van der Waals surface area contributed by atoms with Crippen molar-refractivity contribution in [3.8, 4) is 0 Å². The van der Waals surface area contributed by atoms with Crippen LogP contribution in [-0.4, -0.2) is 21.9 Å². The molecule has 0 amide bonds. The number of rotatable bonds is 10. The number of aliphatic hydroxyl groups is 1. The van der Waals surface area contributed by atoms with Gasteiger partial charge in [-0.2, -0.15) is 0 Å². The van der Waals surface area contributed by atoms with Crippen molar-refractivity contribution < 1.29 is 9.84 Å². The SMILES string of the molecule is NC(N)(S)O[C@H](Br)CCCCCCCCO. The molecule has 0 bridgehead atoms. The second-order valence-electron chi connectivity index (χ2n) is 3.91. The molecule has 5 N–H and O–H groups in total. The fraction of sp³-hybridized carbons (Fsp3) is 1.00. The smallest absolute Gasteiger partial charge is 0.218 e. The Hall–Kier alpha value is 0.670. The first kappa shape index (κ1) is 16.7. The van der Waals surface area contributed by atoms with E-state index in [1.165, 1.54) is 12.8 Å². The Balaban J connectivity index is 3.25. The average Bonchev–Trinajstić information content (AvgIpc) is 2.13. The fourth-order valence-electron chi connectivity index (χ4n) is 1.39. The molecular weight excluding hydrogens is 292 g/mol. The lowest BCUT2D eigenvalue weighted by Gasteiger charge is -2.22. The van der Waals surface area contributed by atoms with Gasteiger partial charge in [0.2, 0.25) is 5.18 Å². The molecule has 6 heteroatoms. The summed E-state index contributed by atoms with van der Waals surface area (Å²) in [7, 11) is 0. The Morgan fingerprint density at radius 2 is 1.62 bits per heavy atom. The van der Waals surface area contributed by atoms with Crippen LogP contribution >= 0.6 is 28.6 Å². The molecule has 4 nitrogen and oxygen atoms in total. The van der Waals surface area contributed by atoms with E-state index >= 15 is 0 Å². The molecule has 98 valence electrons. The molecular formula is C10H23BrN2O2S. The maximum Gasteiger partial charge on any atom is 0.218 e. The summed E-state index contributed by atoms with van der Waals surface area (Å²) in [6.07, 6.45) is 7.49. The number of unbranched alkanes of at least 4 members (excludes halogenated alkanes) is 5. The van der Waals surface area contributed by atoms with Gasteiger partial charge in [-0.1, -0.05) is 41.6 Å². The van der Waals surface area contributed by atoms with E-state index in [0.29, 0.717) is 6.61 Å². The standard InChI is InChI=1S/C10H23BrN2O2S/c11-9(15-10(12,13)16)7-5-3-1-2-4-6-8-14/h9,14,16H,1-8,12-13H2/t9-/m0/s1. The molecule has 16 heavy (non-hydrogen) atoms. The van der Waals surface area contributed by atoms with E-state index in [-0.39, 0.29) is 5.01 Å². The topological polar surface area (TPSA) is 81.5 Å². The normalized spacial score (nSPS) is 14.1. The summed E-state index contributed by atoms with van der Waals surface area (Å²) in [5.41, 5.74) is 10.8. The van der Waals surface area contributed by atoms with Crippen LogP contribution in [0, 0.1) is 0 Å². The highest BCUT2D eigenvalue weighted by molar-refractivity contribution is 9.09. The highest BCUT2D eigenvalue weighted by Crippen LogP contribution is 2.17. The Labute approximate surface area is 112 Å². The number of halogens is 1. The molecule has 1 atom stereocenters. The monoisotopic (exact) mass is 314 g/mol. The first-order valence-electron chi connectivity index (χ1n) is 5.68. The molecule has 0 saturated heterocycles. The number of hydrogen-bond acceptors (Lipinski definition) is 5. The van der Waals surface area contributed by atoms with Crippen LogP contribution in [0.4, 0.5) is 0 Å². The van der Waals surface area contributed by atoms with Crippen LogP contribution in [0.1, 0.15) is 44.9 Å². The van der Waals surface area contributed by atoms with Crippen LogP contribution in [0.2, 0.25) is 0 Å². The maximum absolute atomic E-state index is 8.60. The van der Waals surface area contributed by atoms with E-state index in [1.54, 1.807) is 0 Å². The van der Waals surface area contributed by atoms with Gasteiger partial charge < -0.3 is 9.84 Å². The van der Waals surface area contributed by atoms with Crippen molar-refractivity contribution >= 4 is 28.6 Å². The highest BCUT2D eigenvalue weighted by atomic mass is 79.9. The van der Waals surface area contributed by atoms with Crippen LogP contribution in [0.25, 0.3) is 0 Å². The lowest BCUT2D eigenvalue weighted by molar-refractivity contribution is 0.0180. The molecule has 0 aromatic heterocycles. The number of nitrogens with two attached hydrogens (primary N) is 2. The largest absolute Gasteiger partial charge is 0.396 e. The lowest BCUT2D eigenvalue weighted by atomic mass is 10.1. The number of alkyl halides is 1. The Morgan fingerprint density at radius 3 is 2.12 bits per heavy atom. The van der Waals surface area contributed by atoms with Crippen molar-refractivity contribution in [2.45, 2.75) is 55.1 Å². The van der Waals surface area contributed by atoms with Gasteiger partial charge in [0.1, 0.15) is 5.01 Å². The zero-order valence-corrected chi connectivity index (χ0v) is 12.0. The van der Waals surface area contributed by atoms with Gasteiger partial charge >= 0.3 is 0 Å². The third kappa shape index (κ3) is 12.7. The minimum Gasteiger partial charge on any atom is -0.396 e. The third-order valence-electron chi connectivity index (χ3n) is 2.16. The van der Waals surface area contributed by atoms with Gasteiger partial charge in [0.15, 0.2) is 0 Å². The number of thiol groups is 1. The van der Waals surface area contributed by atoms with Gasteiger partial charge in [-0.25, -0.2) is 0 Å². The first-order valence-corrected chi connectivity index (χ1v) is 7.05. The number of ether oxygens (including phenoxy) is 1. The Kier molecular flexibility index (Phi) is 10.1. The van der Waals surface area contributed by atoms with Crippen LogP contribution in [0.3, 0.4) is 0 Å². The summed E-state index contributed by atoms with van der Waals surface area (Å²) in [6.45, 7) is 0.300. The molecule has 0 aromatic rings. The van der Waals surface area contributed by atoms with Crippen molar-refractivity contribution in [2.75, 3.05) is 6.61 Å². The van der Waals surface area contributed by atoms with Crippen LogP contribution in [0.15, 0.2) is 0 Å². The van der Waals surface area contributed by atoms with Gasteiger partial charge in [-0.05, 0) is 19.3 Å². The predicted octanol–water partition coefficient (Wildman–Crippen LogP) is 1.91. The summed E-state index contributed by atoms with van der Waals surface area (Å²) in [6, 6.07) is 0. The molecule has 0 saturated carbocycles. The van der Waals surface area contributed by atoms with Crippen molar-refractivity contribution in [1.82, 2.24) is 0 Å². The van der Waals surface area contributed by atoms with E-state index in [4.69, 9.17) is 21.3 Å². The molecule has 0 radical (unpaired) electrons. The summed E-state index contributed by atoms with van der Waals surface area (Å²) in [5.74, 6) is 0. The lowest BCUT2D eigenvalue weighted by Crippen LogP contribution is -2.47. The zero-order valence-electron chi connectivity index (χ0n) is 9.57. The minimum atomic E-state index is -1.37. The molecule has 0 heterocycles. The molecule has 0 aromatic carbocycles. The Bertz CT molecular complexity index is 167. The van der Waals surface area contributed by atoms with E-state index in [0.717, 1.165) is 32.1 Å². The summed E-state index contributed by atoms with van der Waals surface area (Å²) in [4.78, 5) is 0. The molecule has 0 rings (SSSR count). The number of hydrogen-bond donors (Lipinski definition) is 4. The van der Waals surface area contributed by atoms with E-state index in [2.05, 4.69) is 28.6 Å². The summed E-state index contributed by atoms with van der Waals surface area (Å²) < 4.78 is 5.19. The van der Waals surface area contributed by atoms with Crippen LogP contribution < -0.4 is 11.5 Å². The van der Waals surface area contributed by atoms with E-state index in [1.807, 2.05) is 0 Å². The molecule has 0 aliphatic carbocycles. The van der Waals surface area contributed by atoms with Crippen LogP contribution in [-0.2, 0) is 4.74 Å². The molecule has 0 spiro atoms. The van der Waals surface area contributed by atoms with Crippen LogP contribution in [0.5, 0.6) is 0 Å². The van der Waals surface area contributed by atoms with Crippen molar-refractivity contribution in [3.05, 3.63) is 0 Å². The zero-order chi connectivity index (χ0) is 12.4. The minimum absolute atomic E-state index is 0.141. The molecule has 0 fully saturated rings. The average molecular weight is 315 g/mol. The Morgan fingerprint density at radius 1 is 1.12 bits per heavy atom. The highest BCUT2D eigenvalue weighted by Gasteiger charge is 2.17. The maximum atomic E-state index is 8.60. The second kappa shape index (κ2) is 9.67. The third-order valence-corrected chi connectivity index (χ3v) is 2.91. The molecule has 0 aliphatic heterocycles. The first-order chi connectivity index (χ1) is 7.45. The van der Waals surface area contributed by atoms with E-state index in [9.17, 15) is 0 Å². The summed E-state index contributed by atoms with van der Waals surface area (Å²) in [5, 5.41) is 7.09. The van der Waals surface area contributed by atoms with Crippen molar-refractivity contribution in [3.63, 3.8) is 0 Å². The van der Waals surface area contributed by atoms with Crippen molar-refractivity contribution in [1.29, 1.82) is 0 Å². The number of aliphatic hydroxyl groups excluding tert-OH is 1. The quantitative estimate of drug-likeness (QED) is 0.215. The molecule has 0 unspecified atom stereocenters.